The van der Waals surface area contributed by atoms with Gasteiger partial charge in [0.15, 0.2) is 0 Å². The summed E-state index contributed by atoms with van der Waals surface area (Å²) < 4.78 is 48.6. The van der Waals surface area contributed by atoms with Crippen molar-refractivity contribution in [1.29, 1.82) is 0 Å². The first-order valence-electron chi connectivity index (χ1n) is 11.6. The van der Waals surface area contributed by atoms with Crippen molar-refractivity contribution in [2.75, 3.05) is 44.6 Å². The molecule has 40 heavy (non-hydrogen) atoms. The Balaban J connectivity index is 2.07. The third-order valence-corrected chi connectivity index (χ3v) is 7.75. The van der Waals surface area contributed by atoms with Gasteiger partial charge in [-0.05, 0) is 61.0 Å². The second-order valence-electron chi connectivity index (χ2n) is 8.32. The second-order valence-corrected chi connectivity index (χ2v) is 10.6. The number of hydrogen-bond donors (Lipinski definition) is 1. The third kappa shape index (κ3) is 6.64. The molecule has 0 aliphatic carbocycles. The summed E-state index contributed by atoms with van der Waals surface area (Å²) in [6, 6.07) is 12.7. The molecule has 0 saturated heterocycles. The van der Waals surface area contributed by atoms with E-state index in [0.29, 0.717) is 11.3 Å². The molecule has 212 valence electrons. The Kier molecular flexibility index (Phi) is 9.61. The van der Waals surface area contributed by atoms with Crippen LogP contribution in [0.25, 0.3) is 0 Å². The molecule has 11 nitrogen and oxygen atoms in total. The van der Waals surface area contributed by atoms with Crippen molar-refractivity contribution < 1.29 is 41.7 Å². The lowest BCUT2D eigenvalue weighted by molar-refractivity contribution is -0.114. The fourth-order valence-corrected chi connectivity index (χ4v) is 5.64. The van der Waals surface area contributed by atoms with E-state index in [1.54, 1.807) is 13.0 Å². The molecule has 3 rings (SSSR count). The fraction of sp³-hybridized carbons (Fsp3) is 0.222. The standard InChI is InChI=1S/C27H27ClN2O9S/c1-16-6-8-23(37-3)24(10-16)40(34,35)30(20-7-9-22(36-2)21(28)14-20)15-25(31)29-19-12-17(26(32)38-4)11-18(13-19)27(33)39-5/h6-14H,15H2,1-5H3,(H,29,31). The quantitative estimate of drug-likeness (QED) is 0.346. The molecule has 0 fully saturated rings. The van der Waals surface area contributed by atoms with Crippen molar-refractivity contribution >= 4 is 50.8 Å². The molecule has 0 aromatic heterocycles. The SMILES string of the molecule is COC(=O)c1cc(NC(=O)CN(c2ccc(OC)c(Cl)c2)S(=O)(=O)c2cc(C)ccc2OC)cc(C(=O)OC)c1. The predicted molar refractivity (Wildman–Crippen MR) is 148 cm³/mol. The highest BCUT2D eigenvalue weighted by Crippen LogP contribution is 2.34. The maximum Gasteiger partial charge on any atom is 0.337 e. The summed E-state index contributed by atoms with van der Waals surface area (Å²) in [6.45, 7) is 1.01. The number of amides is 1. The number of sulfonamides is 1. The van der Waals surface area contributed by atoms with E-state index >= 15 is 0 Å². The Morgan fingerprint density at radius 2 is 1.40 bits per heavy atom. The second kappa shape index (κ2) is 12.7. The van der Waals surface area contributed by atoms with Gasteiger partial charge in [-0.25, -0.2) is 18.0 Å². The zero-order chi connectivity index (χ0) is 29.6. The lowest BCUT2D eigenvalue weighted by Crippen LogP contribution is -2.38. The van der Waals surface area contributed by atoms with E-state index in [-0.39, 0.29) is 38.2 Å². The van der Waals surface area contributed by atoms with Gasteiger partial charge in [-0.3, -0.25) is 9.10 Å². The number of hydrogen-bond acceptors (Lipinski definition) is 9. The first-order valence-corrected chi connectivity index (χ1v) is 13.4. The number of carbonyl (C=O) groups excluding carboxylic acids is 3. The van der Waals surface area contributed by atoms with Gasteiger partial charge in [0.25, 0.3) is 10.0 Å². The largest absolute Gasteiger partial charge is 0.495 e. The lowest BCUT2D eigenvalue weighted by atomic mass is 10.1. The number of anilines is 2. The van der Waals surface area contributed by atoms with Gasteiger partial charge >= 0.3 is 11.9 Å². The molecule has 0 saturated carbocycles. The average molecular weight is 591 g/mol. The molecule has 0 aliphatic rings. The van der Waals surface area contributed by atoms with Gasteiger partial charge in [0.1, 0.15) is 22.9 Å². The molecule has 1 N–H and O–H groups in total. The van der Waals surface area contributed by atoms with E-state index < -0.39 is 34.4 Å². The van der Waals surface area contributed by atoms with Crippen LogP contribution >= 0.6 is 11.6 Å². The summed E-state index contributed by atoms with van der Waals surface area (Å²) in [6.07, 6.45) is 0. The van der Waals surface area contributed by atoms with Crippen molar-refractivity contribution in [2.24, 2.45) is 0 Å². The van der Waals surface area contributed by atoms with Crippen LogP contribution in [0.3, 0.4) is 0 Å². The van der Waals surface area contributed by atoms with Gasteiger partial charge in [-0.1, -0.05) is 17.7 Å². The normalized spacial score (nSPS) is 10.8. The maximum atomic E-state index is 14.0. The van der Waals surface area contributed by atoms with Crippen molar-refractivity contribution in [2.45, 2.75) is 11.8 Å². The number of esters is 2. The van der Waals surface area contributed by atoms with E-state index in [9.17, 15) is 22.8 Å². The summed E-state index contributed by atoms with van der Waals surface area (Å²) in [7, 11) is 0.666. The molecular weight excluding hydrogens is 564 g/mol. The van der Waals surface area contributed by atoms with Crippen LogP contribution in [0.2, 0.25) is 5.02 Å². The Morgan fingerprint density at radius 3 is 1.93 bits per heavy atom. The number of aryl methyl sites for hydroxylation is 1. The number of ether oxygens (including phenoxy) is 4. The van der Waals surface area contributed by atoms with E-state index in [4.69, 9.17) is 30.5 Å². The topological polar surface area (TPSA) is 138 Å². The molecule has 0 bridgehead atoms. The van der Waals surface area contributed by atoms with Crippen molar-refractivity contribution in [3.05, 3.63) is 76.3 Å². The van der Waals surface area contributed by atoms with Crippen molar-refractivity contribution in [3.63, 3.8) is 0 Å². The highest BCUT2D eigenvalue weighted by Gasteiger charge is 2.31. The minimum Gasteiger partial charge on any atom is -0.495 e. The van der Waals surface area contributed by atoms with Crippen LogP contribution in [0, 0.1) is 6.92 Å². The number of halogens is 1. The van der Waals surface area contributed by atoms with Gasteiger partial charge < -0.3 is 24.3 Å². The molecular formula is C27H27ClN2O9S. The van der Waals surface area contributed by atoms with Gasteiger partial charge in [0.05, 0.1) is 50.3 Å². The first kappa shape index (κ1) is 30.3. The van der Waals surface area contributed by atoms with Gasteiger partial charge in [-0.2, -0.15) is 0 Å². The molecule has 0 unspecified atom stereocenters. The van der Waals surface area contributed by atoms with Crippen LogP contribution in [-0.4, -0.2) is 61.2 Å². The zero-order valence-electron chi connectivity index (χ0n) is 22.3. The Morgan fingerprint density at radius 1 is 0.825 bits per heavy atom. The third-order valence-electron chi connectivity index (χ3n) is 5.66. The minimum atomic E-state index is -4.39. The first-order chi connectivity index (χ1) is 18.9. The number of benzene rings is 3. The van der Waals surface area contributed by atoms with Gasteiger partial charge in [0.2, 0.25) is 5.91 Å². The summed E-state index contributed by atoms with van der Waals surface area (Å²) in [5.41, 5.74) is 0.689. The Labute approximate surface area is 236 Å². The monoisotopic (exact) mass is 590 g/mol. The molecule has 0 atom stereocenters. The van der Waals surface area contributed by atoms with Gasteiger partial charge in [0, 0.05) is 5.69 Å². The summed E-state index contributed by atoms with van der Waals surface area (Å²) in [4.78, 5) is 37.4. The van der Waals surface area contributed by atoms with Crippen LogP contribution in [0.1, 0.15) is 26.3 Å². The van der Waals surface area contributed by atoms with E-state index in [1.165, 1.54) is 62.8 Å². The number of rotatable bonds is 10. The zero-order valence-corrected chi connectivity index (χ0v) is 23.9. The number of methoxy groups -OCH3 is 4. The lowest BCUT2D eigenvalue weighted by Gasteiger charge is -2.25. The number of nitrogens with zero attached hydrogens (tertiary/aromatic N) is 1. The van der Waals surface area contributed by atoms with Crippen molar-refractivity contribution in [1.82, 2.24) is 0 Å². The highest BCUT2D eigenvalue weighted by molar-refractivity contribution is 7.93. The van der Waals surface area contributed by atoms with Crippen LogP contribution in [0.15, 0.2) is 59.5 Å². The molecule has 1 amide bonds. The summed E-state index contributed by atoms with van der Waals surface area (Å²) in [5.74, 6) is -1.94. The molecule has 0 heterocycles. The molecule has 3 aromatic rings. The van der Waals surface area contributed by atoms with E-state index in [0.717, 1.165) is 18.5 Å². The number of nitrogens with one attached hydrogen (secondary N) is 1. The minimum absolute atomic E-state index is 0.0309. The fourth-order valence-electron chi connectivity index (χ4n) is 3.73. The molecule has 0 spiro atoms. The molecule has 0 radical (unpaired) electrons. The number of carbonyl (C=O) groups is 3. The molecule has 0 aliphatic heterocycles. The highest BCUT2D eigenvalue weighted by atomic mass is 35.5. The van der Waals surface area contributed by atoms with Crippen LogP contribution in [-0.2, 0) is 24.3 Å². The van der Waals surface area contributed by atoms with Crippen LogP contribution in [0.5, 0.6) is 11.5 Å². The average Bonchev–Trinajstić information content (AvgIpc) is 2.94. The molecule has 3 aromatic carbocycles. The smallest absolute Gasteiger partial charge is 0.337 e. The summed E-state index contributed by atoms with van der Waals surface area (Å²) >= 11 is 6.28. The van der Waals surface area contributed by atoms with E-state index in [1.807, 2.05) is 0 Å². The summed E-state index contributed by atoms with van der Waals surface area (Å²) in [5, 5.41) is 2.65. The maximum absolute atomic E-state index is 14.0. The van der Waals surface area contributed by atoms with Crippen molar-refractivity contribution in [3.8, 4) is 11.5 Å². The van der Waals surface area contributed by atoms with E-state index in [2.05, 4.69) is 5.32 Å². The van der Waals surface area contributed by atoms with Crippen LogP contribution < -0.4 is 19.1 Å². The molecule has 13 heteroatoms. The van der Waals surface area contributed by atoms with Crippen LogP contribution in [0.4, 0.5) is 11.4 Å². The predicted octanol–water partition coefficient (Wildman–Crippen LogP) is 4.07. The Hall–Kier alpha value is -4.29. The van der Waals surface area contributed by atoms with Gasteiger partial charge in [-0.15, -0.1) is 0 Å². The Bertz CT molecular complexity index is 1520.